The molecule has 1 N–H and O–H groups in total. The van der Waals surface area contributed by atoms with Gasteiger partial charge in [-0.1, -0.05) is 6.92 Å². The molecule has 2 aliphatic heterocycles. The maximum Gasteiger partial charge on any atom is 0.265 e. The molecule has 0 saturated carbocycles. The third kappa shape index (κ3) is 4.04. The molecule has 2 aromatic rings. The van der Waals surface area contributed by atoms with Crippen molar-refractivity contribution in [3.63, 3.8) is 0 Å². The Balaban J connectivity index is 1.44. The summed E-state index contributed by atoms with van der Waals surface area (Å²) in [7, 11) is 0. The maximum atomic E-state index is 13.2. The lowest BCUT2D eigenvalue weighted by Gasteiger charge is -2.37. The number of rotatable bonds is 4. The molecule has 0 aromatic carbocycles. The van der Waals surface area contributed by atoms with Gasteiger partial charge in [-0.2, -0.15) is 0 Å². The van der Waals surface area contributed by atoms with Crippen molar-refractivity contribution in [2.24, 2.45) is 11.8 Å². The average Bonchev–Trinajstić information content (AvgIpc) is 3.19. The first-order valence-electron chi connectivity index (χ1n) is 10.0. The highest BCUT2D eigenvalue weighted by molar-refractivity contribution is 7.17. The van der Waals surface area contributed by atoms with Crippen molar-refractivity contribution in [2.75, 3.05) is 26.2 Å². The van der Waals surface area contributed by atoms with E-state index in [0.29, 0.717) is 5.82 Å². The second-order valence-corrected chi connectivity index (χ2v) is 8.44. The fourth-order valence-electron chi connectivity index (χ4n) is 4.30. The van der Waals surface area contributed by atoms with Crippen LogP contribution in [0.1, 0.15) is 48.0 Å². The van der Waals surface area contributed by atoms with Gasteiger partial charge in [-0.15, -0.1) is 11.3 Å². The van der Waals surface area contributed by atoms with Gasteiger partial charge in [-0.05, 0) is 63.1 Å². The third-order valence-electron chi connectivity index (χ3n) is 5.86. The number of carbonyl (C=O) groups is 1. The topological polar surface area (TPSA) is 71.0 Å². The lowest BCUT2D eigenvalue weighted by Crippen LogP contribution is -2.42. The minimum Gasteiger partial charge on any atom is -0.338 e. The predicted molar refractivity (Wildman–Crippen MR) is 107 cm³/mol. The first-order chi connectivity index (χ1) is 13.3. The van der Waals surface area contributed by atoms with E-state index in [0.717, 1.165) is 72.9 Å². The fraction of sp³-hybridized carbons (Fsp3) is 0.600. The van der Waals surface area contributed by atoms with Crippen LogP contribution in [0.3, 0.4) is 0 Å². The van der Waals surface area contributed by atoms with Crippen molar-refractivity contribution in [3.05, 3.63) is 29.0 Å². The number of aromatic nitrogens is 3. The van der Waals surface area contributed by atoms with Gasteiger partial charge in [0.1, 0.15) is 4.88 Å². The zero-order valence-corrected chi connectivity index (χ0v) is 16.7. The molecule has 2 aromatic heterocycles. The zero-order chi connectivity index (χ0) is 18.6. The molecule has 0 radical (unpaired) electrons. The van der Waals surface area contributed by atoms with Crippen LogP contribution in [0, 0.1) is 11.8 Å². The Bertz CT molecular complexity index is 764. The Hall–Kier alpha value is -1.86. The Morgan fingerprint density at radius 1 is 1.15 bits per heavy atom. The maximum absolute atomic E-state index is 13.2. The highest BCUT2D eigenvalue weighted by Crippen LogP contribution is 2.33. The number of likely N-dealkylation sites (tertiary alicyclic amines) is 1. The first-order valence-corrected chi connectivity index (χ1v) is 10.8. The second-order valence-electron chi connectivity index (χ2n) is 7.44. The number of nitrogens with one attached hydrogen (secondary N) is 1. The summed E-state index contributed by atoms with van der Waals surface area (Å²) in [6, 6.07) is 1.79. The van der Waals surface area contributed by atoms with E-state index in [1.165, 1.54) is 24.2 Å². The van der Waals surface area contributed by atoms with Gasteiger partial charge in [0.25, 0.3) is 5.91 Å². The Labute approximate surface area is 164 Å². The van der Waals surface area contributed by atoms with Crippen molar-refractivity contribution < 1.29 is 4.79 Å². The molecule has 2 saturated heterocycles. The van der Waals surface area contributed by atoms with Crippen molar-refractivity contribution in [1.82, 2.24) is 25.2 Å². The fourth-order valence-corrected chi connectivity index (χ4v) is 5.37. The summed E-state index contributed by atoms with van der Waals surface area (Å²) in [5.74, 6) is 2.34. The van der Waals surface area contributed by atoms with E-state index >= 15 is 0 Å². The van der Waals surface area contributed by atoms with Crippen LogP contribution in [0.5, 0.6) is 0 Å². The molecule has 2 fully saturated rings. The summed E-state index contributed by atoms with van der Waals surface area (Å²) >= 11 is 1.43. The lowest BCUT2D eigenvalue weighted by molar-refractivity contribution is 0.0645. The van der Waals surface area contributed by atoms with Gasteiger partial charge in [0.05, 0.1) is 5.69 Å². The molecular weight excluding hydrogens is 358 g/mol. The standard InChI is InChI=1S/C20H27N5OS/c1-2-16-17(27-19(24-16)18-22-8-3-9-23-18)20(26)25-12-6-15(7-13-25)14-4-10-21-11-5-14/h3,8-9,14-15,21H,2,4-7,10-13H2,1H3. The number of thiazole rings is 1. The molecule has 0 aliphatic carbocycles. The summed E-state index contributed by atoms with van der Waals surface area (Å²) in [6.07, 6.45) is 9.00. The molecule has 0 bridgehead atoms. The largest absolute Gasteiger partial charge is 0.338 e. The van der Waals surface area contributed by atoms with E-state index in [-0.39, 0.29) is 5.91 Å². The third-order valence-corrected chi connectivity index (χ3v) is 6.94. The normalized spacial score (nSPS) is 19.4. The van der Waals surface area contributed by atoms with Gasteiger partial charge >= 0.3 is 0 Å². The Kier molecular flexibility index (Phi) is 5.78. The highest BCUT2D eigenvalue weighted by Gasteiger charge is 2.31. The first kappa shape index (κ1) is 18.5. The van der Waals surface area contributed by atoms with Crippen LogP contribution < -0.4 is 5.32 Å². The summed E-state index contributed by atoms with van der Waals surface area (Å²) in [6.45, 7) is 6.08. The summed E-state index contributed by atoms with van der Waals surface area (Å²) in [5, 5.41) is 4.19. The number of hydrogen-bond acceptors (Lipinski definition) is 6. The van der Waals surface area contributed by atoms with Gasteiger partial charge < -0.3 is 10.2 Å². The average molecular weight is 386 g/mol. The van der Waals surface area contributed by atoms with Crippen LogP contribution in [0.2, 0.25) is 0 Å². The van der Waals surface area contributed by atoms with Crippen molar-refractivity contribution in [1.29, 1.82) is 0 Å². The molecule has 144 valence electrons. The summed E-state index contributed by atoms with van der Waals surface area (Å²) < 4.78 is 0. The molecule has 4 rings (SSSR count). The van der Waals surface area contributed by atoms with E-state index in [4.69, 9.17) is 0 Å². The molecule has 27 heavy (non-hydrogen) atoms. The van der Waals surface area contributed by atoms with E-state index in [2.05, 4.69) is 20.3 Å². The van der Waals surface area contributed by atoms with Crippen LogP contribution in [0.4, 0.5) is 0 Å². The van der Waals surface area contributed by atoms with E-state index < -0.39 is 0 Å². The minimum absolute atomic E-state index is 0.135. The number of piperidine rings is 2. The van der Waals surface area contributed by atoms with Crippen LogP contribution >= 0.6 is 11.3 Å². The van der Waals surface area contributed by atoms with Gasteiger partial charge in [0.15, 0.2) is 10.8 Å². The second kappa shape index (κ2) is 8.44. The van der Waals surface area contributed by atoms with Crippen molar-refractivity contribution in [2.45, 2.75) is 39.0 Å². The highest BCUT2D eigenvalue weighted by atomic mass is 32.1. The molecular formula is C20H27N5OS. The number of amides is 1. The van der Waals surface area contributed by atoms with E-state index in [9.17, 15) is 4.79 Å². The quantitative estimate of drug-likeness (QED) is 0.876. The molecule has 2 aliphatic rings. The zero-order valence-electron chi connectivity index (χ0n) is 15.9. The monoisotopic (exact) mass is 385 g/mol. The molecule has 0 atom stereocenters. The molecule has 4 heterocycles. The Morgan fingerprint density at radius 3 is 2.48 bits per heavy atom. The van der Waals surface area contributed by atoms with E-state index in [1.807, 2.05) is 11.8 Å². The lowest BCUT2D eigenvalue weighted by atomic mass is 9.79. The summed E-state index contributed by atoms with van der Waals surface area (Å²) in [5.41, 5.74) is 0.868. The van der Waals surface area contributed by atoms with Crippen molar-refractivity contribution in [3.8, 4) is 10.8 Å². The number of nitrogens with zero attached hydrogens (tertiary/aromatic N) is 4. The number of carbonyl (C=O) groups excluding carboxylic acids is 1. The van der Waals surface area contributed by atoms with Crippen molar-refractivity contribution >= 4 is 17.2 Å². The minimum atomic E-state index is 0.135. The van der Waals surface area contributed by atoms with Crippen LogP contribution in [-0.2, 0) is 6.42 Å². The number of aryl methyl sites for hydroxylation is 1. The van der Waals surface area contributed by atoms with E-state index in [1.54, 1.807) is 18.5 Å². The molecule has 6 nitrogen and oxygen atoms in total. The van der Waals surface area contributed by atoms with Gasteiger partial charge in [0, 0.05) is 25.5 Å². The van der Waals surface area contributed by atoms with Crippen LogP contribution in [0.15, 0.2) is 18.5 Å². The van der Waals surface area contributed by atoms with Gasteiger partial charge in [-0.25, -0.2) is 15.0 Å². The molecule has 0 spiro atoms. The SMILES string of the molecule is CCc1nc(-c2ncccn2)sc1C(=O)N1CCC(C2CCNCC2)CC1. The van der Waals surface area contributed by atoms with Crippen LogP contribution in [0.25, 0.3) is 10.8 Å². The molecule has 1 amide bonds. The Morgan fingerprint density at radius 2 is 1.81 bits per heavy atom. The van der Waals surface area contributed by atoms with Gasteiger partial charge in [0.2, 0.25) is 0 Å². The number of hydrogen-bond donors (Lipinski definition) is 1. The van der Waals surface area contributed by atoms with Crippen LogP contribution in [-0.4, -0.2) is 51.9 Å². The van der Waals surface area contributed by atoms with Gasteiger partial charge in [-0.3, -0.25) is 4.79 Å². The molecule has 7 heteroatoms. The molecule has 0 unspecified atom stereocenters. The predicted octanol–water partition coefficient (Wildman–Crippen LogP) is 3.01. The summed E-state index contributed by atoms with van der Waals surface area (Å²) in [4.78, 5) is 29.1. The smallest absolute Gasteiger partial charge is 0.265 e.